The fraction of sp³-hybridized carbons (Fsp3) is 0.429. The Kier molecular flexibility index (Phi) is 5.75. The highest BCUT2D eigenvalue weighted by Gasteiger charge is 2.29. The van der Waals surface area contributed by atoms with Crippen LogP contribution in [0, 0.1) is 5.92 Å². The predicted octanol–water partition coefficient (Wildman–Crippen LogP) is 2.82. The van der Waals surface area contributed by atoms with E-state index in [0.29, 0.717) is 5.56 Å². The highest BCUT2D eigenvalue weighted by atomic mass is 19.4. The highest BCUT2D eigenvalue weighted by Crippen LogP contribution is 2.29. The number of aliphatic carboxylic acids is 1. The predicted molar refractivity (Wildman–Crippen MR) is 69.3 cm³/mol. The fourth-order valence-electron chi connectivity index (χ4n) is 1.77. The van der Waals surface area contributed by atoms with Gasteiger partial charge in [-0.1, -0.05) is 19.1 Å². The lowest BCUT2D eigenvalue weighted by atomic mass is 10.0. The maximum Gasteiger partial charge on any atom is 0.416 e. The second-order valence-electron chi connectivity index (χ2n) is 4.88. The van der Waals surface area contributed by atoms with Crippen LogP contribution in [0.2, 0.25) is 0 Å². The molecule has 0 aliphatic rings. The lowest BCUT2D eigenvalue weighted by Crippen LogP contribution is -2.25. The number of alkyl halides is 3. The Morgan fingerprint density at radius 2 is 1.76 bits per heavy atom. The van der Waals surface area contributed by atoms with Crippen molar-refractivity contribution in [2.75, 3.05) is 0 Å². The SMILES string of the molecule is CC(CC(=O)O)CC(=O)NCc1ccc(C(F)(F)F)cc1. The first kappa shape index (κ1) is 17.0. The molecule has 0 bridgehead atoms. The molecule has 0 saturated heterocycles. The monoisotopic (exact) mass is 303 g/mol. The summed E-state index contributed by atoms with van der Waals surface area (Å²) in [5.41, 5.74) is -0.199. The first-order chi connectivity index (χ1) is 9.68. The smallest absolute Gasteiger partial charge is 0.416 e. The van der Waals surface area contributed by atoms with Crippen LogP contribution in [0.15, 0.2) is 24.3 Å². The van der Waals surface area contributed by atoms with Gasteiger partial charge >= 0.3 is 12.1 Å². The quantitative estimate of drug-likeness (QED) is 0.849. The number of halogens is 3. The summed E-state index contributed by atoms with van der Waals surface area (Å²) in [6.45, 7) is 1.75. The van der Waals surface area contributed by atoms with E-state index < -0.39 is 17.7 Å². The number of rotatable bonds is 6. The molecule has 0 aliphatic carbocycles. The van der Waals surface area contributed by atoms with Gasteiger partial charge in [0, 0.05) is 19.4 Å². The molecule has 1 unspecified atom stereocenters. The van der Waals surface area contributed by atoms with E-state index in [9.17, 15) is 22.8 Å². The second kappa shape index (κ2) is 7.10. The number of carboxylic acid groups (broad SMARTS) is 1. The van der Waals surface area contributed by atoms with Crippen LogP contribution in [-0.2, 0) is 22.3 Å². The van der Waals surface area contributed by atoms with Gasteiger partial charge in [-0.3, -0.25) is 9.59 Å². The van der Waals surface area contributed by atoms with Gasteiger partial charge < -0.3 is 10.4 Å². The zero-order valence-corrected chi connectivity index (χ0v) is 11.4. The normalized spacial score (nSPS) is 12.8. The van der Waals surface area contributed by atoms with Crippen molar-refractivity contribution in [2.45, 2.75) is 32.5 Å². The molecule has 0 heterocycles. The number of carbonyl (C=O) groups excluding carboxylic acids is 1. The molecule has 0 saturated carbocycles. The van der Waals surface area contributed by atoms with Gasteiger partial charge in [0.2, 0.25) is 5.91 Å². The Morgan fingerprint density at radius 3 is 2.24 bits per heavy atom. The molecule has 1 atom stereocenters. The number of carboxylic acids is 1. The first-order valence-electron chi connectivity index (χ1n) is 6.33. The molecule has 1 aromatic carbocycles. The molecule has 2 N–H and O–H groups in total. The molecule has 7 heteroatoms. The van der Waals surface area contributed by atoms with Crippen molar-refractivity contribution < 1.29 is 27.9 Å². The molecule has 4 nitrogen and oxygen atoms in total. The number of hydrogen-bond acceptors (Lipinski definition) is 2. The summed E-state index contributed by atoms with van der Waals surface area (Å²) in [5.74, 6) is -1.60. The number of hydrogen-bond donors (Lipinski definition) is 2. The van der Waals surface area contributed by atoms with Crippen LogP contribution in [0.5, 0.6) is 0 Å². The van der Waals surface area contributed by atoms with Crippen LogP contribution in [0.3, 0.4) is 0 Å². The molecule has 1 aromatic rings. The summed E-state index contributed by atoms with van der Waals surface area (Å²) in [5, 5.41) is 11.1. The summed E-state index contributed by atoms with van der Waals surface area (Å²) in [6, 6.07) is 4.50. The van der Waals surface area contributed by atoms with E-state index in [4.69, 9.17) is 5.11 Å². The van der Waals surface area contributed by atoms with E-state index in [1.165, 1.54) is 12.1 Å². The first-order valence-corrected chi connectivity index (χ1v) is 6.33. The van der Waals surface area contributed by atoms with Crippen LogP contribution in [-0.4, -0.2) is 17.0 Å². The third kappa shape index (κ3) is 6.29. The van der Waals surface area contributed by atoms with Crippen LogP contribution < -0.4 is 5.32 Å². The van der Waals surface area contributed by atoms with Gasteiger partial charge in [0.05, 0.1) is 5.56 Å². The number of carbonyl (C=O) groups is 2. The van der Waals surface area contributed by atoms with Crippen LogP contribution in [0.25, 0.3) is 0 Å². The molecule has 0 spiro atoms. The van der Waals surface area contributed by atoms with Crippen molar-refractivity contribution in [1.82, 2.24) is 5.32 Å². The van der Waals surface area contributed by atoms with Gasteiger partial charge in [0.25, 0.3) is 0 Å². The Labute approximate surface area is 120 Å². The van der Waals surface area contributed by atoms with E-state index in [-0.39, 0.29) is 31.2 Å². The topological polar surface area (TPSA) is 66.4 Å². The van der Waals surface area contributed by atoms with Crippen LogP contribution >= 0.6 is 0 Å². The van der Waals surface area contributed by atoms with Gasteiger partial charge in [-0.15, -0.1) is 0 Å². The van der Waals surface area contributed by atoms with Crippen LogP contribution in [0.4, 0.5) is 13.2 Å². The minimum Gasteiger partial charge on any atom is -0.481 e. The fourth-order valence-corrected chi connectivity index (χ4v) is 1.77. The Bertz CT molecular complexity index is 497. The molecule has 0 radical (unpaired) electrons. The lowest BCUT2D eigenvalue weighted by molar-refractivity contribution is -0.139. The van der Waals surface area contributed by atoms with Crippen molar-refractivity contribution in [3.63, 3.8) is 0 Å². The van der Waals surface area contributed by atoms with E-state index in [1.807, 2.05) is 0 Å². The average molecular weight is 303 g/mol. The summed E-state index contributed by atoms with van der Waals surface area (Å²) in [6.07, 6.45) is -4.42. The molecule has 21 heavy (non-hydrogen) atoms. The van der Waals surface area contributed by atoms with E-state index in [1.54, 1.807) is 6.92 Å². The van der Waals surface area contributed by atoms with E-state index >= 15 is 0 Å². The molecule has 1 amide bonds. The third-order valence-corrected chi connectivity index (χ3v) is 2.83. The average Bonchev–Trinajstić information content (AvgIpc) is 2.34. The van der Waals surface area contributed by atoms with Crippen molar-refractivity contribution in [1.29, 1.82) is 0 Å². The molecule has 0 fully saturated rings. The van der Waals surface area contributed by atoms with E-state index in [2.05, 4.69) is 5.32 Å². The number of nitrogens with one attached hydrogen (secondary N) is 1. The maximum atomic E-state index is 12.4. The molecule has 116 valence electrons. The summed E-state index contributed by atoms with van der Waals surface area (Å²) in [7, 11) is 0. The molecule has 0 aliphatic heterocycles. The molecule has 1 rings (SSSR count). The lowest BCUT2D eigenvalue weighted by Gasteiger charge is -2.10. The molecule has 0 aromatic heterocycles. The Morgan fingerprint density at radius 1 is 1.19 bits per heavy atom. The zero-order chi connectivity index (χ0) is 16.0. The summed E-state index contributed by atoms with van der Waals surface area (Å²) < 4.78 is 37.1. The minimum absolute atomic E-state index is 0.0624. The zero-order valence-electron chi connectivity index (χ0n) is 11.4. The van der Waals surface area contributed by atoms with Crippen LogP contribution in [0.1, 0.15) is 30.9 Å². The van der Waals surface area contributed by atoms with Crippen molar-refractivity contribution in [3.05, 3.63) is 35.4 Å². The van der Waals surface area contributed by atoms with E-state index in [0.717, 1.165) is 12.1 Å². The van der Waals surface area contributed by atoms with Crippen molar-refractivity contribution in [3.8, 4) is 0 Å². The standard InChI is InChI=1S/C14H16F3NO3/c1-9(7-13(20)21)6-12(19)18-8-10-2-4-11(5-3-10)14(15,16)17/h2-5,9H,6-8H2,1H3,(H,18,19)(H,20,21). The second-order valence-corrected chi connectivity index (χ2v) is 4.88. The van der Waals surface area contributed by atoms with Gasteiger partial charge in [0.1, 0.15) is 0 Å². The molecular weight excluding hydrogens is 287 g/mol. The third-order valence-electron chi connectivity index (χ3n) is 2.83. The Balaban J connectivity index is 2.45. The number of amides is 1. The minimum atomic E-state index is -4.38. The molecular formula is C14H16F3NO3. The summed E-state index contributed by atoms with van der Waals surface area (Å²) in [4.78, 5) is 22.0. The largest absolute Gasteiger partial charge is 0.481 e. The number of benzene rings is 1. The Hall–Kier alpha value is -2.05. The van der Waals surface area contributed by atoms with Gasteiger partial charge in [-0.05, 0) is 23.6 Å². The summed E-state index contributed by atoms with van der Waals surface area (Å²) >= 11 is 0. The maximum absolute atomic E-state index is 12.4. The van der Waals surface area contributed by atoms with Gasteiger partial charge in [0.15, 0.2) is 0 Å². The highest BCUT2D eigenvalue weighted by molar-refractivity contribution is 5.77. The van der Waals surface area contributed by atoms with Crippen molar-refractivity contribution >= 4 is 11.9 Å². The van der Waals surface area contributed by atoms with Gasteiger partial charge in [-0.2, -0.15) is 13.2 Å². The van der Waals surface area contributed by atoms with Crippen molar-refractivity contribution in [2.24, 2.45) is 5.92 Å². The van der Waals surface area contributed by atoms with Gasteiger partial charge in [-0.25, -0.2) is 0 Å².